The van der Waals surface area contributed by atoms with Gasteiger partial charge in [-0.15, -0.1) is 0 Å². The Morgan fingerprint density at radius 2 is 1.69 bits per heavy atom. The fraction of sp³-hybridized carbons (Fsp3) is 0.200. The molecule has 3 aromatic rings. The molecule has 1 aliphatic heterocycles. The van der Waals surface area contributed by atoms with E-state index in [0.717, 1.165) is 16.8 Å². The standard InChI is InChI=1S/C25H20Cl3N3O/c26-20-7-5-17(6-8-20)24-16-30(25(32)13-18-3-1-2-4-19(18)15-29)11-12-31(24)23-10-9-21(27)14-22(23)28/h1-10,14,24H,11-13,16H2. The van der Waals surface area contributed by atoms with Gasteiger partial charge < -0.3 is 9.80 Å². The Morgan fingerprint density at radius 1 is 0.969 bits per heavy atom. The summed E-state index contributed by atoms with van der Waals surface area (Å²) in [4.78, 5) is 17.2. The topological polar surface area (TPSA) is 47.3 Å². The molecule has 4 nitrogen and oxygen atoms in total. The lowest BCUT2D eigenvalue weighted by molar-refractivity contribution is -0.131. The maximum absolute atomic E-state index is 13.2. The van der Waals surface area contributed by atoms with Crippen LogP contribution in [0.3, 0.4) is 0 Å². The zero-order valence-electron chi connectivity index (χ0n) is 17.1. The molecule has 0 aromatic heterocycles. The van der Waals surface area contributed by atoms with Gasteiger partial charge in [0.2, 0.25) is 5.91 Å². The molecular weight excluding hydrogens is 465 g/mol. The molecule has 1 atom stereocenters. The summed E-state index contributed by atoms with van der Waals surface area (Å²) in [6.45, 7) is 1.66. The Hall–Kier alpha value is -2.71. The zero-order valence-corrected chi connectivity index (χ0v) is 19.4. The van der Waals surface area contributed by atoms with Crippen molar-refractivity contribution in [2.24, 2.45) is 0 Å². The first-order chi connectivity index (χ1) is 15.5. The van der Waals surface area contributed by atoms with Crippen LogP contribution >= 0.6 is 34.8 Å². The maximum Gasteiger partial charge on any atom is 0.227 e. The summed E-state index contributed by atoms with van der Waals surface area (Å²) in [5, 5.41) is 11.1. The van der Waals surface area contributed by atoms with Crippen LogP contribution in [0.25, 0.3) is 0 Å². The average Bonchev–Trinajstić information content (AvgIpc) is 2.80. The summed E-state index contributed by atoms with van der Waals surface area (Å²) in [5.41, 5.74) is 3.18. The number of hydrogen-bond acceptors (Lipinski definition) is 3. The summed E-state index contributed by atoms with van der Waals surface area (Å²) in [5.74, 6) is -0.00600. The van der Waals surface area contributed by atoms with E-state index in [4.69, 9.17) is 34.8 Å². The highest BCUT2D eigenvalue weighted by molar-refractivity contribution is 6.36. The van der Waals surface area contributed by atoms with Crippen molar-refractivity contribution in [1.29, 1.82) is 5.26 Å². The van der Waals surface area contributed by atoms with Crippen molar-refractivity contribution in [2.75, 3.05) is 24.5 Å². The van der Waals surface area contributed by atoms with Crippen molar-refractivity contribution in [3.63, 3.8) is 0 Å². The first-order valence-corrected chi connectivity index (χ1v) is 11.3. The number of halogens is 3. The molecule has 162 valence electrons. The highest BCUT2D eigenvalue weighted by atomic mass is 35.5. The number of nitriles is 1. The second kappa shape index (κ2) is 9.83. The highest BCUT2D eigenvalue weighted by Gasteiger charge is 2.32. The molecule has 0 saturated carbocycles. The molecular formula is C25H20Cl3N3O. The molecule has 7 heteroatoms. The lowest BCUT2D eigenvalue weighted by atomic mass is 10.00. The minimum atomic E-state index is -0.102. The van der Waals surface area contributed by atoms with E-state index in [1.165, 1.54) is 0 Å². The molecule has 1 fully saturated rings. The fourth-order valence-corrected chi connectivity index (χ4v) is 4.68. The van der Waals surface area contributed by atoms with Gasteiger partial charge in [0.05, 0.1) is 34.8 Å². The van der Waals surface area contributed by atoms with Crippen molar-refractivity contribution >= 4 is 46.4 Å². The van der Waals surface area contributed by atoms with Gasteiger partial charge in [0.15, 0.2) is 0 Å². The molecule has 0 radical (unpaired) electrons. The van der Waals surface area contributed by atoms with E-state index in [1.54, 1.807) is 18.2 Å². The van der Waals surface area contributed by atoms with Gasteiger partial charge in [0.25, 0.3) is 0 Å². The predicted molar refractivity (Wildman–Crippen MR) is 129 cm³/mol. The Kier molecular flexibility index (Phi) is 6.91. The number of piperazine rings is 1. The summed E-state index contributed by atoms with van der Waals surface area (Å²) in [7, 11) is 0. The Balaban J connectivity index is 1.62. The largest absolute Gasteiger partial charge is 0.360 e. The van der Waals surface area contributed by atoms with Crippen LogP contribution in [0, 0.1) is 11.3 Å². The van der Waals surface area contributed by atoms with Crippen molar-refractivity contribution in [2.45, 2.75) is 12.5 Å². The smallest absolute Gasteiger partial charge is 0.227 e. The first-order valence-electron chi connectivity index (χ1n) is 10.2. The minimum absolute atomic E-state index is 0.00600. The number of benzene rings is 3. The second-order valence-electron chi connectivity index (χ2n) is 7.64. The number of carbonyl (C=O) groups is 1. The first kappa shape index (κ1) is 22.5. The molecule has 1 saturated heterocycles. The van der Waals surface area contributed by atoms with Crippen LogP contribution in [0.5, 0.6) is 0 Å². The molecule has 1 amide bonds. The van der Waals surface area contributed by atoms with E-state index >= 15 is 0 Å². The number of rotatable bonds is 4. The van der Waals surface area contributed by atoms with Gasteiger partial charge >= 0.3 is 0 Å². The SMILES string of the molecule is N#Cc1ccccc1CC(=O)N1CCN(c2ccc(Cl)cc2Cl)C(c2ccc(Cl)cc2)C1. The molecule has 4 rings (SSSR count). The van der Waals surface area contributed by atoms with E-state index in [0.29, 0.717) is 40.3 Å². The van der Waals surface area contributed by atoms with Gasteiger partial charge in [-0.3, -0.25) is 4.79 Å². The van der Waals surface area contributed by atoms with Crippen LogP contribution in [0.15, 0.2) is 66.7 Å². The number of nitrogens with zero attached hydrogens (tertiary/aromatic N) is 3. The van der Waals surface area contributed by atoms with Gasteiger partial charge in [-0.2, -0.15) is 5.26 Å². The summed E-state index contributed by atoms with van der Waals surface area (Å²) >= 11 is 18.7. The molecule has 0 aliphatic carbocycles. The van der Waals surface area contributed by atoms with E-state index in [9.17, 15) is 10.1 Å². The van der Waals surface area contributed by atoms with Gasteiger partial charge in [-0.25, -0.2) is 0 Å². The Bertz CT molecular complexity index is 1170. The van der Waals surface area contributed by atoms with E-state index < -0.39 is 0 Å². The van der Waals surface area contributed by atoms with E-state index in [-0.39, 0.29) is 18.4 Å². The monoisotopic (exact) mass is 483 g/mol. The Labute approximate surface area is 202 Å². The third-order valence-electron chi connectivity index (χ3n) is 5.69. The summed E-state index contributed by atoms with van der Waals surface area (Å²) < 4.78 is 0. The molecule has 3 aromatic carbocycles. The van der Waals surface area contributed by atoms with Crippen molar-refractivity contribution < 1.29 is 4.79 Å². The van der Waals surface area contributed by atoms with Gasteiger partial charge in [0, 0.05) is 29.7 Å². The molecule has 0 N–H and O–H groups in total. The van der Waals surface area contributed by atoms with Gasteiger partial charge in [-0.1, -0.05) is 65.1 Å². The fourth-order valence-electron chi connectivity index (χ4n) is 4.04. The van der Waals surface area contributed by atoms with Crippen LogP contribution in [0.4, 0.5) is 5.69 Å². The molecule has 0 spiro atoms. The number of amides is 1. The van der Waals surface area contributed by atoms with Crippen LogP contribution in [0.2, 0.25) is 15.1 Å². The average molecular weight is 485 g/mol. The number of anilines is 1. The van der Waals surface area contributed by atoms with E-state index in [2.05, 4.69) is 11.0 Å². The van der Waals surface area contributed by atoms with Crippen LogP contribution in [-0.4, -0.2) is 30.4 Å². The number of hydrogen-bond donors (Lipinski definition) is 0. The normalized spacial score (nSPS) is 16.0. The second-order valence-corrected chi connectivity index (χ2v) is 8.92. The molecule has 32 heavy (non-hydrogen) atoms. The van der Waals surface area contributed by atoms with Crippen LogP contribution in [0.1, 0.15) is 22.7 Å². The number of carbonyl (C=O) groups excluding carboxylic acids is 1. The summed E-state index contributed by atoms with van der Waals surface area (Å²) in [6.07, 6.45) is 0.193. The van der Waals surface area contributed by atoms with Gasteiger partial charge in [0.1, 0.15) is 0 Å². The quantitative estimate of drug-likeness (QED) is 0.446. The maximum atomic E-state index is 13.2. The zero-order chi connectivity index (χ0) is 22.7. The third-order valence-corrected chi connectivity index (χ3v) is 6.48. The lowest BCUT2D eigenvalue weighted by Gasteiger charge is -2.43. The molecule has 0 bridgehead atoms. The third kappa shape index (κ3) is 4.86. The highest BCUT2D eigenvalue weighted by Crippen LogP contribution is 2.37. The van der Waals surface area contributed by atoms with Gasteiger partial charge in [-0.05, 0) is 47.5 Å². The molecule has 1 aliphatic rings. The summed E-state index contributed by atoms with van der Waals surface area (Å²) in [6, 6.07) is 22.4. The van der Waals surface area contributed by atoms with Crippen LogP contribution in [-0.2, 0) is 11.2 Å². The van der Waals surface area contributed by atoms with Crippen molar-refractivity contribution in [3.8, 4) is 6.07 Å². The Morgan fingerprint density at radius 3 is 2.41 bits per heavy atom. The predicted octanol–water partition coefficient (Wildman–Crippen LogP) is 6.15. The van der Waals surface area contributed by atoms with E-state index in [1.807, 2.05) is 53.4 Å². The van der Waals surface area contributed by atoms with Crippen LogP contribution < -0.4 is 4.90 Å². The molecule has 1 unspecified atom stereocenters. The molecule has 1 heterocycles. The van der Waals surface area contributed by atoms with Crippen molar-refractivity contribution in [3.05, 3.63) is 98.5 Å². The van der Waals surface area contributed by atoms with Crippen molar-refractivity contribution in [1.82, 2.24) is 4.90 Å². The minimum Gasteiger partial charge on any atom is -0.360 e. The lowest BCUT2D eigenvalue weighted by Crippen LogP contribution is -2.51.